The third-order valence-electron chi connectivity index (χ3n) is 5.74. The van der Waals surface area contributed by atoms with E-state index in [0.29, 0.717) is 5.75 Å². The number of aromatic nitrogens is 2. The molecule has 13 nitrogen and oxygen atoms in total. The number of para-hydroxylation sites is 1. The Hall–Kier alpha value is -2.93. The molecule has 3 heterocycles. The fraction of sp³-hybridized carbons (Fsp3) is 0.478. The Bertz CT molecular complexity index is 1190. The fourth-order valence-electron chi connectivity index (χ4n) is 4.16. The summed E-state index contributed by atoms with van der Waals surface area (Å²) in [4.78, 5) is 40.5. The number of carbonyl (C=O) groups excluding carboxylic acids is 2. The van der Waals surface area contributed by atoms with Crippen molar-refractivity contribution in [2.45, 2.75) is 50.5 Å². The van der Waals surface area contributed by atoms with E-state index >= 15 is 0 Å². The highest BCUT2D eigenvalue weighted by atomic mass is 31.2. The van der Waals surface area contributed by atoms with Crippen molar-refractivity contribution < 1.29 is 37.6 Å². The van der Waals surface area contributed by atoms with Gasteiger partial charge in [0.15, 0.2) is 11.5 Å². The Morgan fingerprint density at radius 1 is 1.32 bits per heavy atom. The average Bonchev–Trinajstić information content (AvgIpc) is 3.33. The summed E-state index contributed by atoms with van der Waals surface area (Å²) < 4.78 is 36.3. The molecular weight excluding hydrogens is 507 g/mol. The number of amides is 1. The molecule has 5 atom stereocenters. The maximum absolute atomic E-state index is 13.0. The maximum Gasteiger partial charge on any atom is 0.323 e. The van der Waals surface area contributed by atoms with Gasteiger partial charge in [-0.05, 0) is 32.9 Å². The number of nitrogens with zero attached hydrogens (tertiary/aromatic N) is 2. The van der Waals surface area contributed by atoms with Crippen LogP contribution in [0.1, 0.15) is 31.3 Å². The highest BCUT2D eigenvalue weighted by Crippen LogP contribution is 2.47. The molecule has 1 aromatic carbocycles. The first-order chi connectivity index (χ1) is 17.6. The second-order valence-corrected chi connectivity index (χ2v) is 10.1. The van der Waals surface area contributed by atoms with E-state index in [0.717, 1.165) is 0 Å². The van der Waals surface area contributed by atoms with E-state index in [9.17, 15) is 14.4 Å². The molecule has 37 heavy (non-hydrogen) atoms. The van der Waals surface area contributed by atoms with Crippen molar-refractivity contribution >= 4 is 20.4 Å². The van der Waals surface area contributed by atoms with Crippen LogP contribution in [0.4, 0.5) is 0 Å². The third kappa shape index (κ3) is 5.66. The van der Waals surface area contributed by atoms with Crippen LogP contribution >= 0.6 is 8.53 Å². The molecule has 1 aromatic heterocycles. The van der Waals surface area contributed by atoms with Crippen LogP contribution in [-0.2, 0) is 34.0 Å². The van der Waals surface area contributed by atoms with Gasteiger partial charge in [-0.1, -0.05) is 18.2 Å². The standard InChI is InChI=1S/C23H29N4O9P/c1-14(21(30)31-4)26-37(35-15-8-6-5-7-9-15)33-12-16-18-23(13-32-16,36-22(2,3)34-18)27-11-10-25-17(19(24)28)20(27)29/h5-11,14,16,18,26H,12-13H2,1-4H3,(H2,24,28). The number of primary amides is 1. The average molecular weight is 536 g/mol. The number of benzene rings is 1. The second kappa shape index (κ2) is 10.8. The minimum atomic E-state index is -1.83. The fourth-order valence-corrected chi connectivity index (χ4v) is 5.36. The highest BCUT2D eigenvalue weighted by molar-refractivity contribution is 7.45. The highest BCUT2D eigenvalue weighted by Gasteiger charge is 2.63. The van der Waals surface area contributed by atoms with Crippen molar-refractivity contribution in [1.29, 1.82) is 0 Å². The van der Waals surface area contributed by atoms with Crippen molar-refractivity contribution in [1.82, 2.24) is 14.6 Å². The number of fused-ring (bicyclic) bond motifs is 1. The van der Waals surface area contributed by atoms with Gasteiger partial charge in [0.2, 0.25) is 5.72 Å². The number of ether oxygens (including phenoxy) is 4. The van der Waals surface area contributed by atoms with Crippen LogP contribution in [0.3, 0.4) is 0 Å². The molecule has 14 heteroatoms. The van der Waals surface area contributed by atoms with E-state index < -0.39 is 61.4 Å². The predicted octanol–water partition coefficient (Wildman–Crippen LogP) is 1.02. The van der Waals surface area contributed by atoms with Gasteiger partial charge in [-0.15, -0.1) is 0 Å². The summed E-state index contributed by atoms with van der Waals surface area (Å²) in [6.45, 7) is 4.93. The van der Waals surface area contributed by atoms with Gasteiger partial charge in [-0.25, -0.2) is 10.1 Å². The Morgan fingerprint density at radius 3 is 2.73 bits per heavy atom. The van der Waals surface area contributed by atoms with Crippen molar-refractivity contribution in [3.63, 3.8) is 0 Å². The van der Waals surface area contributed by atoms with Gasteiger partial charge in [-0.3, -0.25) is 19.0 Å². The Kier molecular flexibility index (Phi) is 7.93. The summed E-state index contributed by atoms with van der Waals surface area (Å²) in [5.41, 5.74) is 2.78. The summed E-state index contributed by atoms with van der Waals surface area (Å²) in [6, 6.07) is 8.25. The maximum atomic E-state index is 13.0. The van der Waals surface area contributed by atoms with Crippen LogP contribution in [0.25, 0.3) is 0 Å². The van der Waals surface area contributed by atoms with Crippen molar-refractivity contribution in [3.05, 3.63) is 58.8 Å². The summed E-state index contributed by atoms with van der Waals surface area (Å²) in [5.74, 6) is -1.99. The molecule has 2 fully saturated rings. The van der Waals surface area contributed by atoms with Crippen LogP contribution in [0, 0.1) is 0 Å². The van der Waals surface area contributed by atoms with Gasteiger partial charge >= 0.3 is 14.5 Å². The molecule has 0 aliphatic carbocycles. The van der Waals surface area contributed by atoms with E-state index in [-0.39, 0.29) is 13.2 Å². The topological polar surface area (TPSA) is 162 Å². The molecule has 0 spiro atoms. The lowest BCUT2D eigenvalue weighted by Crippen LogP contribution is -2.51. The lowest BCUT2D eigenvalue weighted by Gasteiger charge is -2.29. The Morgan fingerprint density at radius 2 is 2.05 bits per heavy atom. The number of hydrogen-bond acceptors (Lipinski definition) is 11. The number of nitrogens with two attached hydrogens (primary N) is 1. The smallest absolute Gasteiger partial charge is 0.323 e. The zero-order valence-corrected chi connectivity index (χ0v) is 21.7. The number of esters is 1. The van der Waals surface area contributed by atoms with Gasteiger partial charge in [0.25, 0.3) is 11.5 Å². The Labute approximate surface area is 214 Å². The molecule has 2 aliphatic rings. The molecule has 0 bridgehead atoms. The number of nitrogens with one attached hydrogen (secondary N) is 1. The van der Waals surface area contributed by atoms with Crippen molar-refractivity contribution in [2.24, 2.45) is 5.73 Å². The molecule has 200 valence electrons. The lowest BCUT2D eigenvalue weighted by molar-refractivity contribution is -0.207. The number of methoxy groups -OCH3 is 1. The molecule has 2 aliphatic heterocycles. The summed E-state index contributed by atoms with van der Waals surface area (Å²) in [5, 5.41) is 2.99. The van der Waals surface area contributed by atoms with Gasteiger partial charge < -0.3 is 33.7 Å². The molecular formula is C23H29N4O9P. The summed E-state index contributed by atoms with van der Waals surface area (Å²) in [6.07, 6.45) is 1.19. The van der Waals surface area contributed by atoms with E-state index in [1.54, 1.807) is 45.0 Å². The zero-order valence-electron chi connectivity index (χ0n) is 20.8. The van der Waals surface area contributed by atoms with Crippen LogP contribution < -0.4 is 20.9 Å². The van der Waals surface area contributed by atoms with Gasteiger partial charge in [0, 0.05) is 12.4 Å². The molecule has 2 aromatic rings. The summed E-state index contributed by atoms with van der Waals surface area (Å²) >= 11 is 0. The molecule has 4 rings (SSSR count). The van der Waals surface area contributed by atoms with Crippen molar-refractivity contribution in [2.75, 3.05) is 20.3 Å². The normalized spacial score (nSPS) is 25.7. The zero-order chi connectivity index (χ0) is 26.8. The van der Waals surface area contributed by atoms with Gasteiger partial charge in [0.05, 0.1) is 20.3 Å². The second-order valence-electron chi connectivity index (χ2n) is 8.88. The SMILES string of the molecule is COC(=O)C(C)NP(OCC1OCC2(n3ccnc(C(N)=O)c3=O)OC(C)(C)OC12)Oc1ccccc1. The number of carbonyl (C=O) groups is 2. The molecule has 0 saturated carbocycles. The monoisotopic (exact) mass is 536 g/mol. The molecule has 1 amide bonds. The van der Waals surface area contributed by atoms with Crippen molar-refractivity contribution in [3.8, 4) is 5.75 Å². The number of hydrogen-bond donors (Lipinski definition) is 2. The Balaban J connectivity index is 1.56. The predicted molar refractivity (Wildman–Crippen MR) is 129 cm³/mol. The molecule has 3 N–H and O–H groups in total. The largest absolute Gasteiger partial charge is 0.468 e. The number of rotatable bonds is 10. The minimum absolute atomic E-state index is 0.0339. The summed E-state index contributed by atoms with van der Waals surface area (Å²) in [7, 11) is -0.541. The first-order valence-corrected chi connectivity index (χ1v) is 12.6. The first-order valence-electron chi connectivity index (χ1n) is 11.4. The van der Waals surface area contributed by atoms with Crippen LogP contribution in [0.5, 0.6) is 5.75 Å². The van der Waals surface area contributed by atoms with Crippen LogP contribution in [0.15, 0.2) is 47.5 Å². The van der Waals surface area contributed by atoms with Gasteiger partial charge in [0.1, 0.15) is 24.0 Å². The van der Waals surface area contributed by atoms with Gasteiger partial charge in [-0.2, -0.15) is 0 Å². The lowest BCUT2D eigenvalue weighted by atomic mass is 10.1. The first kappa shape index (κ1) is 27.1. The molecule has 0 radical (unpaired) electrons. The van der Waals surface area contributed by atoms with E-state index in [2.05, 4.69) is 10.1 Å². The molecule has 2 saturated heterocycles. The van der Waals surface area contributed by atoms with Crippen LogP contribution in [-0.4, -0.2) is 65.8 Å². The van der Waals surface area contributed by atoms with E-state index in [1.165, 1.54) is 24.1 Å². The third-order valence-corrected chi connectivity index (χ3v) is 7.10. The van der Waals surface area contributed by atoms with E-state index in [1.807, 2.05) is 6.07 Å². The quantitative estimate of drug-likeness (QED) is 0.329. The molecule has 5 unspecified atom stereocenters. The van der Waals surface area contributed by atoms with Crippen LogP contribution in [0.2, 0.25) is 0 Å². The van der Waals surface area contributed by atoms with E-state index in [4.69, 9.17) is 33.7 Å². The minimum Gasteiger partial charge on any atom is -0.468 e.